The van der Waals surface area contributed by atoms with Gasteiger partial charge in [-0.25, -0.2) is 4.79 Å². The van der Waals surface area contributed by atoms with E-state index in [0.29, 0.717) is 50.3 Å². The highest BCUT2D eigenvalue weighted by Gasteiger charge is 2.27. The number of aliphatic hydroxyl groups is 1. The van der Waals surface area contributed by atoms with Crippen LogP contribution >= 0.6 is 0 Å². The Bertz CT molecular complexity index is 1660. The third-order valence-electron chi connectivity index (χ3n) is 7.75. The number of hydrogen-bond acceptors (Lipinski definition) is 7. The second-order valence-corrected chi connectivity index (χ2v) is 12.1. The maximum absolute atomic E-state index is 13.8. The lowest BCUT2D eigenvalue weighted by molar-refractivity contribution is -0.195. The van der Waals surface area contributed by atoms with E-state index in [1.54, 1.807) is 26.8 Å². The van der Waals surface area contributed by atoms with Crippen LogP contribution in [0.3, 0.4) is 0 Å². The van der Waals surface area contributed by atoms with E-state index in [1.807, 2.05) is 52.8 Å². The Morgan fingerprint density at radius 1 is 1.02 bits per heavy atom. The second kappa shape index (κ2) is 13.2. The van der Waals surface area contributed by atoms with E-state index in [1.165, 1.54) is 0 Å². The van der Waals surface area contributed by atoms with Crippen molar-refractivity contribution in [2.24, 2.45) is 0 Å². The van der Waals surface area contributed by atoms with Crippen molar-refractivity contribution in [2.75, 3.05) is 19.7 Å². The van der Waals surface area contributed by atoms with Gasteiger partial charge >= 0.3 is 6.09 Å². The maximum atomic E-state index is 13.8. The summed E-state index contributed by atoms with van der Waals surface area (Å²) in [6.07, 6.45) is -0.250. The van der Waals surface area contributed by atoms with Crippen LogP contribution in [-0.2, 0) is 16.0 Å². The van der Waals surface area contributed by atoms with Gasteiger partial charge in [-0.3, -0.25) is 20.4 Å². The third-order valence-corrected chi connectivity index (χ3v) is 7.75. The SMILES string of the molecule is CCOC(O)N1CCC(NC(=O)c2cc3ccc(C(=N)NC(=O)OC(C)(C)C)cc3n2Cc2cccc3ccccc23)CC1. The van der Waals surface area contributed by atoms with Gasteiger partial charge in [0.1, 0.15) is 17.1 Å². The zero-order valence-corrected chi connectivity index (χ0v) is 25.7. The summed E-state index contributed by atoms with van der Waals surface area (Å²) in [7, 11) is 0. The molecule has 1 fully saturated rings. The molecule has 232 valence electrons. The number of benzene rings is 3. The molecule has 1 unspecified atom stereocenters. The van der Waals surface area contributed by atoms with E-state index in [4.69, 9.17) is 14.9 Å². The topological polar surface area (TPSA) is 129 Å². The Morgan fingerprint density at radius 2 is 1.75 bits per heavy atom. The minimum absolute atomic E-state index is 0.0432. The first-order valence-corrected chi connectivity index (χ1v) is 15.1. The average Bonchev–Trinajstić information content (AvgIpc) is 3.34. The first kappa shape index (κ1) is 31.2. The van der Waals surface area contributed by atoms with E-state index < -0.39 is 18.1 Å². The van der Waals surface area contributed by atoms with E-state index in [0.717, 1.165) is 27.2 Å². The highest BCUT2D eigenvalue weighted by atomic mass is 16.6. The summed E-state index contributed by atoms with van der Waals surface area (Å²) < 4.78 is 12.6. The van der Waals surface area contributed by atoms with Crippen LogP contribution in [0.2, 0.25) is 0 Å². The smallest absolute Gasteiger partial charge is 0.413 e. The van der Waals surface area contributed by atoms with Gasteiger partial charge in [0.05, 0.1) is 0 Å². The van der Waals surface area contributed by atoms with Gasteiger partial charge in [-0.15, -0.1) is 0 Å². The molecule has 2 heterocycles. The van der Waals surface area contributed by atoms with Crippen LogP contribution in [0.25, 0.3) is 21.7 Å². The number of hydrogen-bond donors (Lipinski definition) is 4. The molecule has 1 aliphatic heterocycles. The molecule has 0 saturated carbocycles. The van der Waals surface area contributed by atoms with Crippen molar-refractivity contribution in [3.8, 4) is 0 Å². The largest absolute Gasteiger partial charge is 0.444 e. The molecule has 5 rings (SSSR count). The number of aliphatic hydroxyl groups excluding tert-OH is 1. The van der Waals surface area contributed by atoms with Crippen molar-refractivity contribution < 1.29 is 24.2 Å². The molecule has 1 saturated heterocycles. The number of piperidine rings is 1. The second-order valence-electron chi connectivity index (χ2n) is 12.1. The summed E-state index contributed by atoms with van der Waals surface area (Å²) in [4.78, 5) is 28.1. The Morgan fingerprint density at radius 3 is 2.48 bits per heavy atom. The Hall–Kier alpha value is -4.25. The molecule has 0 aliphatic carbocycles. The van der Waals surface area contributed by atoms with Gasteiger partial charge < -0.3 is 24.5 Å². The first-order chi connectivity index (χ1) is 21.0. The summed E-state index contributed by atoms with van der Waals surface area (Å²) in [6, 6.07) is 21.6. The van der Waals surface area contributed by atoms with Gasteiger partial charge in [0.25, 0.3) is 5.91 Å². The Kier molecular flexibility index (Phi) is 9.33. The van der Waals surface area contributed by atoms with Gasteiger partial charge in [-0.05, 0) is 69.0 Å². The summed E-state index contributed by atoms with van der Waals surface area (Å²) in [5, 5.41) is 27.5. The molecule has 0 radical (unpaired) electrons. The van der Waals surface area contributed by atoms with Crippen LogP contribution in [0, 0.1) is 5.41 Å². The predicted octanol–water partition coefficient (Wildman–Crippen LogP) is 5.20. The Labute approximate surface area is 257 Å². The Balaban J connectivity index is 1.45. The number of amidine groups is 1. The average molecular weight is 600 g/mol. The van der Waals surface area contributed by atoms with Crippen molar-refractivity contribution in [1.82, 2.24) is 20.1 Å². The van der Waals surface area contributed by atoms with Crippen molar-refractivity contribution >= 4 is 39.5 Å². The number of aromatic nitrogens is 1. The van der Waals surface area contributed by atoms with E-state index in [2.05, 4.69) is 34.9 Å². The number of nitrogens with one attached hydrogen (secondary N) is 3. The van der Waals surface area contributed by atoms with Gasteiger partial charge in [0.2, 0.25) is 6.41 Å². The van der Waals surface area contributed by atoms with Crippen LogP contribution in [0.1, 0.15) is 62.2 Å². The molecule has 3 aromatic carbocycles. The fraction of sp³-hybridized carbons (Fsp3) is 0.382. The van der Waals surface area contributed by atoms with Gasteiger partial charge in [0, 0.05) is 48.7 Å². The van der Waals surface area contributed by atoms with Crippen LogP contribution < -0.4 is 10.6 Å². The highest BCUT2D eigenvalue weighted by Crippen LogP contribution is 2.27. The quantitative estimate of drug-likeness (QED) is 0.125. The summed E-state index contributed by atoms with van der Waals surface area (Å²) in [6.45, 7) is 9.23. The molecule has 44 heavy (non-hydrogen) atoms. The minimum atomic E-state index is -0.933. The van der Waals surface area contributed by atoms with Crippen LogP contribution in [0.15, 0.2) is 66.7 Å². The number of likely N-dealkylation sites (tertiary alicyclic amines) is 1. The van der Waals surface area contributed by atoms with Crippen LogP contribution in [0.4, 0.5) is 4.79 Å². The number of rotatable bonds is 8. The van der Waals surface area contributed by atoms with Crippen molar-refractivity contribution in [3.05, 3.63) is 83.6 Å². The van der Waals surface area contributed by atoms with E-state index in [-0.39, 0.29) is 17.8 Å². The zero-order valence-electron chi connectivity index (χ0n) is 25.7. The molecule has 4 N–H and O–H groups in total. The summed E-state index contributed by atoms with van der Waals surface area (Å²) in [5.41, 5.74) is 2.14. The van der Waals surface area contributed by atoms with Crippen molar-refractivity contribution in [1.29, 1.82) is 5.41 Å². The van der Waals surface area contributed by atoms with Gasteiger partial charge in [0.15, 0.2) is 0 Å². The number of carbonyl (C=O) groups is 2. The number of fused-ring (bicyclic) bond motifs is 2. The molecule has 1 aromatic heterocycles. The maximum Gasteiger partial charge on any atom is 0.413 e. The number of nitrogens with zero attached hydrogens (tertiary/aromatic N) is 2. The lowest BCUT2D eigenvalue weighted by Gasteiger charge is -2.34. The lowest BCUT2D eigenvalue weighted by Crippen LogP contribution is -2.48. The number of alkyl carbamates (subject to hydrolysis) is 1. The molecular weight excluding hydrogens is 558 g/mol. The summed E-state index contributed by atoms with van der Waals surface area (Å²) in [5.74, 6) is -0.278. The monoisotopic (exact) mass is 599 g/mol. The highest BCUT2D eigenvalue weighted by molar-refractivity contribution is 6.07. The molecule has 10 nitrogen and oxygen atoms in total. The van der Waals surface area contributed by atoms with Crippen molar-refractivity contribution in [3.63, 3.8) is 0 Å². The number of carbonyl (C=O) groups excluding carboxylic acids is 2. The summed E-state index contributed by atoms with van der Waals surface area (Å²) >= 11 is 0. The van der Waals surface area contributed by atoms with Gasteiger partial charge in [-0.1, -0.05) is 54.6 Å². The van der Waals surface area contributed by atoms with Crippen molar-refractivity contribution in [2.45, 2.75) is 65.1 Å². The first-order valence-electron chi connectivity index (χ1n) is 15.1. The molecule has 1 aliphatic rings. The molecule has 1 atom stereocenters. The molecule has 2 amide bonds. The van der Waals surface area contributed by atoms with Gasteiger partial charge in [-0.2, -0.15) is 0 Å². The normalized spacial score (nSPS) is 15.3. The van der Waals surface area contributed by atoms with E-state index in [9.17, 15) is 14.7 Å². The molecular formula is C34H41N5O5. The van der Waals surface area contributed by atoms with Crippen LogP contribution in [-0.4, -0.2) is 70.2 Å². The number of ether oxygens (including phenoxy) is 2. The molecule has 0 spiro atoms. The van der Waals surface area contributed by atoms with Crippen LogP contribution in [0.5, 0.6) is 0 Å². The molecule has 4 aromatic rings. The zero-order chi connectivity index (χ0) is 31.4. The fourth-order valence-electron chi connectivity index (χ4n) is 5.63. The minimum Gasteiger partial charge on any atom is -0.444 e. The number of amides is 2. The fourth-order valence-corrected chi connectivity index (χ4v) is 5.63. The predicted molar refractivity (Wildman–Crippen MR) is 171 cm³/mol. The van der Waals surface area contributed by atoms with E-state index >= 15 is 0 Å². The standard InChI is InChI=1S/C34H41N5O5/c1-5-43-33(42)38-17-15-26(16-18-38)36-31(40)29-19-23-13-14-24(30(35)37-32(41)44-34(2,3)4)20-28(23)39(29)21-25-11-8-10-22-9-6-7-12-27(22)25/h6-14,19-20,26,33,42H,5,15-18,21H2,1-4H3,(H,36,40)(H2,35,37,41). The molecule has 0 bridgehead atoms. The molecule has 10 heteroatoms. The lowest BCUT2D eigenvalue weighted by atomic mass is 10.0. The third kappa shape index (κ3) is 7.27.